The number of carbonyl (C=O) groups is 1. The van der Waals surface area contributed by atoms with Crippen molar-refractivity contribution in [3.63, 3.8) is 0 Å². The number of allylic oxidation sites excluding steroid dienone is 2. The van der Waals surface area contributed by atoms with E-state index in [9.17, 15) is 25.2 Å². The lowest BCUT2D eigenvalue weighted by Gasteiger charge is -2.27. The van der Waals surface area contributed by atoms with E-state index in [1.807, 2.05) is 0 Å². The molecule has 0 aliphatic carbocycles. The molecule has 0 aliphatic heterocycles. The Morgan fingerprint density at radius 3 is 1.07 bits per heavy atom. The maximum absolute atomic E-state index is 12.5. The molecular formula is C48H95NO5. The highest BCUT2D eigenvalue weighted by atomic mass is 16.3. The lowest BCUT2D eigenvalue weighted by Crippen LogP contribution is -2.53. The first-order valence-corrected chi connectivity index (χ1v) is 24.1. The topological polar surface area (TPSA) is 110 Å². The number of hydrogen-bond donors (Lipinski definition) is 5. The van der Waals surface area contributed by atoms with Gasteiger partial charge in [0.25, 0.3) is 0 Å². The van der Waals surface area contributed by atoms with Crippen molar-refractivity contribution in [2.45, 2.75) is 282 Å². The summed E-state index contributed by atoms with van der Waals surface area (Å²) in [6.07, 6.45) is 48.4. The van der Waals surface area contributed by atoms with Gasteiger partial charge in [0.1, 0.15) is 12.2 Å². The van der Waals surface area contributed by atoms with Gasteiger partial charge in [0.05, 0.1) is 18.8 Å². The molecule has 322 valence electrons. The van der Waals surface area contributed by atoms with E-state index in [4.69, 9.17) is 0 Å². The normalized spacial score (nSPS) is 14.1. The minimum Gasteiger partial charge on any atom is -0.394 e. The molecule has 0 aromatic carbocycles. The molecule has 5 N–H and O–H groups in total. The standard InChI is InChI=1S/C48H95NO5/c1-3-5-7-9-11-13-15-16-17-18-19-20-21-22-23-24-25-26-27-28-29-30-32-34-36-38-40-42-46(52)48(54)49-44(43-50)47(53)45(51)41-39-37-35-33-31-14-12-10-8-6-4-2/h22-23,44-47,50-53H,3-21,24-43H2,1-2H3,(H,49,54)/b23-22-. The average Bonchev–Trinajstić information content (AvgIpc) is 3.18. The Kier molecular flexibility index (Phi) is 42.4. The highest BCUT2D eigenvalue weighted by Crippen LogP contribution is 2.17. The first-order chi connectivity index (χ1) is 26.5. The van der Waals surface area contributed by atoms with E-state index in [2.05, 4.69) is 31.3 Å². The zero-order valence-corrected chi connectivity index (χ0v) is 36.2. The Morgan fingerprint density at radius 1 is 0.444 bits per heavy atom. The van der Waals surface area contributed by atoms with Crippen LogP contribution in [0.1, 0.15) is 258 Å². The SMILES string of the molecule is CCCCCCCCCCCCCC/C=C\CCCCCCCCCCCCCC(O)C(=O)NC(CO)C(O)C(O)CCCCCCCCCCCCC. The van der Waals surface area contributed by atoms with Gasteiger partial charge in [-0.15, -0.1) is 0 Å². The quantitative estimate of drug-likeness (QED) is 0.0313. The van der Waals surface area contributed by atoms with Crippen LogP contribution in [0.3, 0.4) is 0 Å². The van der Waals surface area contributed by atoms with Crippen LogP contribution in [-0.4, -0.2) is 57.3 Å². The summed E-state index contributed by atoms with van der Waals surface area (Å²) in [6, 6.07) is -0.981. The smallest absolute Gasteiger partial charge is 0.249 e. The Bertz CT molecular complexity index is 776. The fourth-order valence-electron chi connectivity index (χ4n) is 7.64. The molecule has 0 fully saturated rings. The second-order valence-electron chi connectivity index (χ2n) is 16.8. The summed E-state index contributed by atoms with van der Waals surface area (Å²) >= 11 is 0. The third-order valence-electron chi connectivity index (χ3n) is 11.5. The van der Waals surface area contributed by atoms with Crippen molar-refractivity contribution >= 4 is 5.91 Å². The maximum atomic E-state index is 12.5. The molecule has 0 heterocycles. The first kappa shape index (κ1) is 53.0. The molecular weight excluding hydrogens is 671 g/mol. The zero-order chi connectivity index (χ0) is 39.6. The summed E-state index contributed by atoms with van der Waals surface area (Å²) in [4.78, 5) is 12.5. The summed E-state index contributed by atoms with van der Waals surface area (Å²) in [5.41, 5.74) is 0. The monoisotopic (exact) mass is 766 g/mol. The van der Waals surface area contributed by atoms with Crippen molar-refractivity contribution in [1.82, 2.24) is 5.32 Å². The lowest BCUT2D eigenvalue weighted by atomic mass is 9.99. The molecule has 0 aliphatic rings. The summed E-state index contributed by atoms with van der Waals surface area (Å²) in [6.45, 7) is 4.05. The van der Waals surface area contributed by atoms with Crippen LogP contribution in [0.2, 0.25) is 0 Å². The molecule has 0 aromatic heterocycles. The fourth-order valence-corrected chi connectivity index (χ4v) is 7.64. The van der Waals surface area contributed by atoms with Crippen LogP contribution in [0.5, 0.6) is 0 Å². The Labute approximate surface area is 336 Å². The number of nitrogens with one attached hydrogen (secondary N) is 1. The Hall–Kier alpha value is -0.950. The van der Waals surface area contributed by atoms with Crippen LogP contribution < -0.4 is 5.32 Å². The number of amides is 1. The van der Waals surface area contributed by atoms with E-state index in [0.29, 0.717) is 12.8 Å². The average molecular weight is 766 g/mol. The third kappa shape index (κ3) is 36.7. The number of unbranched alkanes of at least 4 members (excludes halogenated alkanes) is 33. The number of rotatable bonds is 44. The molecule has 54 heavy (non-hydrogen) atoms. The van der Waals surface area contributed by atoms with Gasteiger partial charge in [-0.1, -0.05) is 231 Å². The van der Waals surface area contributed by atoms with Gasteiger partial charge in [-0.3, -0.25) is 4.79 Å². The van der Waals surface area contributed by atoms with E-state index < -0.39 is 36.9 Å². The Morgan fingerprint density at radius 2 is 0.741 bits per heavy atom. The van der Waals surface area contributed by atoms with E-state index in [1.54, 1.807) is 0 Å². The highest BCUT2D eigenvalue weighted by Gasteiger charge is 2.28. The van der Waals surface area contributed by atoms with Crippen molar-refractivity contribution < 1.29 is 25.2 Å². The van der Waals surface area contributed by atoms with Gasteiger partial charge >= 0.3 is 0 Å². The molecule has 0 rings (SSSR count). The van der Waals surface area contributed by atoms with Crippen molar-refractivity contribution in [2.24, 2.45) is 0 Å². The van der Waals surface area contributed by atoms with Crippen molar-refractivity contribution in [3.05, 3.63) is 12.2 Å². The van der Waals surface area contributed by atoms with Crippen LogP contribution in [0.15, 0.2) is 12.2 Å². The second-order valence-corrected chi connectivity index (χ2v) is 16.8. The van der Waals surface area contributed by atoms with Crippen molar-refractivity contribution in [2.75, 3.05) is 6.61 Å². The van der Waals surface area contributed by atoms with Crippen LogP contribution in [0.25, 0.3) is 0 Å². The van der Waals surface area contributed by atoms with E-state index in [-0.39, 0.29) is 0 Å². The number of aliphatic hydroxyl groups excluding tert-OH is 4. The first-order valence-electron chi connectivity index (χ1n) is 24.1. The molecule has 0 aromatic rings. The lowest BCUT2D eigenvalue weighted by molar-refractivity contribution is -0.132. The molecule has 4 atom stereocenters. The molecule has 0 radical (unpaired) electrons. The molecule has 6 nitrogen and oxygen atoms in total. The van der Waals surface area contributed by atoms with Crippen molar-refractivity contribution in [3.8, 4) is 0 Å². The van der Waals surface area contributed by atoms with Crippen LogP contribution in [-0.2, 0) is 4.79 Å². The molecule has 0 bridgehead atoms. The van der Waals surface area contributed by atoms with Gasteiger partial charge in [-0.05, 0) is 38.5 Å². The number of carbonyl (C=O) groups excluding carboxylic acids is 1. The van der Waals surface area contributed by atoms with E-state index in [0.717, 1.165) is 38.5 Å². The van der Waals surface area contributed by atoms with Gasteiger partial charge in [0.2, 0.25) is 5.91 Å². The number of hydrogen-bond acceptors (Lipinski definition) is 5. The third-order valence-corrected chi connectivity index (χ3v) is 11.5. The zero-order valence-electron chi connectivity index (χ0n) is 36.2. The largest absolute Gasteiger partial charge is 0.394 e. The molecule has 1 amide bonds. The maximum Gasteiger partial charge on any atom is 0.249 e. The molecule has 4 unspecified atom stereocenters. The van der Waals surface area contributed by atoms with Crippen LogP contribution in [0, 0.1) is 0 Å². The summed E-state index contributed by atoms with van der Waals surface area (Å²) in [5, 5.41) is 43.6. The minimum absolute atomic E-state index is 0.371. The summed E-state index contributed by atoms with van der Waals surface area (Å²) in [5.74, 6) is -0.583. The molecule has 0 saturated heterocycles. The van der Waals surface area contributed by atoms with Gasteiger partial charge < -0.3 is 25.7 Å². The fraction of sp³-hybridized carbons (Fsp3) is 0.938. The van der Waals surface area contributed by atoms with Gasteiger partial charge in [-0.25, -0.2) is 0 Å². The minimum atomic E-state index is -1.25. The molecule has 6 heteroatoms. The predicted molar refractivity (Wildman–Crippen MR) is 233 cm³/mol. The van der Waals surface area contributed by atoms with Gasteiger partial charge in [0, 0.05) is 0 Å². The van der Waals surface area contributed by atoms with Crippen LogP contribution >= 0.6 is 0 Å². The van der Waals surface area contributed by atoms with E-state index >= 15 is 0 Å². The highest BCUT2D eigenvalue weighted by molar-refractivity contribution is 5.80. The van der Waals surface area contributed by atoms with E-state index in [1.165, 1.54) is 193 Å². The summed E-state index contributed by atoms with van der Waals surface area (Å²) < 4.78 is 0. The van der Waals surface area contributed by atoms with Gasteiger partial charge in [-0.2, -0.15) is 0 Å². The molecule has 0 saturated carbocycles. The molecule has 0 spiro atoms. The summed E-state index contributed by atoms with van der Waals surface area (Å²) in [7, 11) is 0. The second kappa shape index (κ2) is 43.2. The van der Waals surface area contributed by atoms with Gasteiger partial charge in [0.15, 0.2) is 0 Å². The number of aliphatic hydroxyl groups is 4. The van der Waals surface area contributed by atoms with Crippen molar-refractivity contribution in [1.29, 1.82) is 0 Å². The Balaban J connectivity index is 3.60. The predicted octanol–water partition coefficient (Wildman–Crippen LogP) is 13.0. The van der Waals surface area contributed by atoms with Crippen LogP contribution in [0.4, 0.5) is 0 Å².